The van der Waals surface area contributed by atoms with Gasteiger partial charge in [-0.15, -0.1) is 0 Å². The average Bonchev–Trinajstić information content (AvgIpc) is 2.36. The van der Waals surface area contributed by atoms with Crippen molar-refractivity contribution in [3.8, 4) is 5.75 Å². The smallest absolute Gasteiger partial charge is 0.389 e. The molecule has 0 aliphatic heterocycles. The maximum atomic E-state index is 13.8. The van der Waals surface area contributed by atoms with Crippen molar-refractivity contribution in [1.29, 1.82) is 0 Å². The van der Waals surface area contributed by atoms with Crippen molar-refractivity contribution in [2.75, 3.05) is 13.7 Å². The molecule has 20 heavy (non-hydrogen) atoms. The standard InChI is InChI=1S/C14H19F4NO/c1-10(19-9-4-3-8-14(16,17)18)13-11(15)6-5-7-12(13)20-2/h5-7,10,19H,3-4,8-9H2,1-2H3. The van der Waals surface area contributed by atoms with Crippen molar-refractivity contribution < 1.29 is 22.3 Å². The number of nitrogens with one attached hydrogen (secondary N) is 1. The topological polar surface area (TPSA) is 21.3 Å². The predicted molar refractivity (Wildman–Crippen MR) is 69.3 cm³/mol. The molecule has 6 heteroatoms. The summed E-state index contributed by atoms with van der Waals surface area (Å²) < 4.78 is 54.8. The molecule has 0 aliphatic rings. The van der Waals surface area contributed by atoms with E-state index in [0.29, 0.717) is 24.3 Å². The molecule has 1 atom stereocenters. The lowest BCUT2D eigenvalue weighted by molar-refractivity contribution is -0.135. The summed E-state index contributed by atoms with van der Waals surface area (Å²) in [7, 11) is 1.45. The zero-order valence-electron chi connectivity index (χ0n) is 11.6. The van der Waals surface area contributed by atoms with E-state index in [-0.39, 0.29) is 18.3 Å². The number of unbranched alkanes of at least 4 members (excludes halogenated alkanes) is 1. The van der Waals surface area contributed by atoms with Gasteiger partial charge in [0.1, 0.15) is 11.6 Å². The Morgan fingerprint density at radius 1 is 1.25 bits per heavy atom. The van der Waals surface area contributed by atoms with E-state index in [4.69, 9.17) is 4.74 Å². The largest absolute Gasteiger partial charge is 0.496 e. The molecule has 0 heterocycles. The summed E-state index contributed by atoms with van der Waals surface area (Å²) >= 11 is 0. The quantitative estimate of drug-likeness (QED) is 0.600. The highest BCUT2D eigenvalue weighted by molar-refractivity contribution is 5.36. The first-order valence-electron chi connectivity index (χ1n) is 6.47. The van der Waals surface area contributed by atoms with Crippen LogP contribution in [0.15, 0.2) is 18.2 Å². The van der Waals surface area contributed by atoms with Gasteiger partial charge in [-0.3, -0.25) is 0 Å². The van der Waals surface area contributed by atoms with Gasteiger partial charge in [0.05, 0.1) is 7.11 Å². The predicted octanol–water partition coefficient (Wildman–Crippen LogP) is 4.22. The van der Waals surface area contributed by atoms with E-state index in [1.807, 2.05) is 0 Å². The summed E-state index contributed by atoms with van der Waals surface area (Å²) in [4.78, 5) is 0. The Balaban J connectivity index is 2.45. The van der Waals surface area contributed by atoms with Crippen LogP contribution in [0.25, 0.3) is 0 Å². The molecule has 0 spiro atoms. The highest BCUT2D eigenvalue weighted by Gasteiger charge is 2.25. The Morgan fingerprint density at radius 3 is 2.55 bits per heavy atom. The Bertz CT molecular complexity index is 420. The Kier molecular flexibility index (Phi) is 6.26. The normalized spacial score (nSPS) is 13.3. The highest BCUT2D eigenvalue weighted by Crippen LogP contribution is 2.27. The van der Waals surface area contributed by atoms with Crippen LogP contribution in [0.1, 0.15) is 37.8 Å². The van der Waals surface area contributed by atoms with Crippen LogP contribution in [-0.2, 0) is 0 Å². The molecule has 1 aromatic rings. The van der Waals surface area contributed by atoms with Crippen LogP contribution in [0, 0.1) is 5.82 Å². The summed E-state index contributed by atoms with van der Waals surface area (Å²) in [6, 6.07) is 4.21. The molecule has 0 amide bonds. The summed E-state index contributed by atoms with van der Waals surface area (Å²) in [5.41, 5.74) is 0.394. The summed E-state index contributed by atoms with van der Waals surface area (Å²) in [5, 5.41) is 3.01. The first-order chi connectivity index (χ1) is 9.35. The number of hydrogen-bond donors (Lipinski definition) is 1. The van der Waals surface area contributed by atoms with Crippen molar-refractivity contribution in [2.24, 2.45) is 0 Å². The SMILES string of the molecule is COc1cccc(F)c1C(C)NCCCCC(F)(F)F. The molecule has 114 valence electrons. The molecule has 0 saturated carbocycles. The minimum absolute atomic E-state index is 0.0671. The number of halogens is 4. The number of benzene rings is 1. The van der Waals surface area contributed by atoms with E-state index >= 15 is 0 Å². The minimum Gasteiger partial charge on any atom is -0.496 e. The maximum absolute atomic E-state index is 13.8. The van der Waals surface area contributed by atoms with Gasteiger partial charge in [0, 0.05) is 18.0 Å². The van der Waals surface area contributed by atoms with Crippen LogP contribution in [0.3, 0.4) is 0 Å². The van der Waals surface area contributed by atoms with Crippen LogP contribution < -0.4 is 10.1 Å². The van der Waals surface area contributed by atoms with E-state index in [9.17, 15) is 17.6 Å². The molecule has 2 nitrogen and oxygen atoms in total. The molecule has 1 aromatic carbocycles. The van der Waals surface area contributed by atoms with E-state index in [2.05, 4.69) is 5.32 Å². The molecule has 1 rings (SSSR count). The lowest BCUT2D eigenvalue weighted by Crippen LogP contribution is -2.22. The fourth-order valence-corrected chi connectivity index (χ4v) is 1.99. The van der Waals surface area contributed by atoms with Crippen LogP contribution in [0.5, 0.6) is 5.75 Å². The third kappa shape index (κ3) is 5.36. The van der Waals surface area contributed by atoms with Gasteiger partial charge in [-0.05, 0) is 38.4 Å². The van der Waals surface area contributed by atoms with E-state index in [0.717, 1.165) is 0 Å². The van der Waals surface area contributed by atoms with Gasteiger partial charge < -0.3 is 10.1 Å². The van der Waals surface area contributed by atoms with Crippen molar-refractivity contribution in [1.82, 2.24) is 5.32 Å². The van der Waals surface area contributed by atoms with Gasteiger partial charge in [-0.25, -0.2) is 4.39 Å². The molecule has 0 fully saturated rings. The third-order valence-corrected chi connectivity index (χ3v) is 3.00. The van der Waals surface area contributed by atoms with Crippen molar-refractivity contribution >= 4 is 0 Å². The first kappa shape index (κ1) is 16.8. The van der Waals surface area contributed by atoms with Crippen LogP contribution in [0.4, 0.5) is 17.6 Å². The molecule has 0 saturated heterocycles. The fourth-order valence-electron chi connectivity index (χ4n) is 1.99. The number of hydrogen-bond acceptors (Lipinski definition) is 2. The lowest BCUT2D eigenvalue weighted by atomic mass is 10.1. The van der Waals surface area contributed by atoms with Crippen molar-refractivity contribution in [2.45, 2.75) is 38.4 Å². The Labute approximate surface area is 116 Å². The fraction of sp³-hybridized carbons (Fsp3) is 0.571. The van der Waals surface area contributed by atoms with Gasteiger partial charge in [0.25, 0.3) is 0 Å². The second-order valence-corrected chi connectivity index (χ2v) is 4.60. The van der Waals surface area contributed by atoms with E-state index in [1.54, 1.807) is 19.1 Å². The second-order valence-electron chi connectivity index (χ2n) is 4.60. The monoisotopic (exact) mass is 293 g/mol. The van der Waals surface area contributed by atoms with Crippen LogP contribution in [-0.4, -0.2) is 19.8 Å². The first-order valence-corrected chi connectivity index (χ1v) is 6.47. The highest BCUT2D eigenvalue weighted by atomic mass is 19.4. The molecule has 0 aliphatic carbocycles. The van der Waals surface area contributed by atoms with Gasteiger partial charge in [0.2, 0.25) is 0 Å². The zero-order chi connectivity index (χ0) is 15.2. The molecular formula is C14H19F4NO. The van der Waals surface area contributed by atoms with Gasteiger partial charge in [0.15, 0.2) is 0 Å². The second kappa shape index (κ2) is 7.47. The minimum atomic E-state index is -4.11. The Morgan fingerprint density at radius 2 is 1.95 bits per heavy atom. The maximum Gasteiger partial charge on any atom is 0.389 e. The van der Waals surface area contributed by atoms with Crippen molar-refractivity contribution in [3.05, 3.63) is 29.6 Å². The number of ether oxygens (including phenoxy) is 1. The third-order valence-electron chi connectivity index (χ3n) is 3.00. The molecule has 1 unspecified atom stereocenters. The zero-order valence-corrected chi connectivity index (χ0v) is 11.6. The Hall–Kier alpha value is -1.30. The molecule has 0 radical (unpaired) electrons. The van der Waals surface area contributed by atoms with E-state index < -0.39 is 12.6 Å². The molecule has 1 N–H and O–H groups in total. The van der Waals surface area contributed by atoms with E-state index in [1.165, 1.54) is 13.2 Å². The van der Waals surface area contributed by atoms with Gasteiger partial charge in [-0.1, -0.05) is 6.07 Å². The number of rotatable bonds is 7. The average molecular weight is 293 g/mol. The van der Waals surface area contributed by atoms with Gasteiger partial charge in [-0.2, -0.15) is 13.2 Å². The molecule has 0 aromatic heterocycles. The summed E-state index contributed by atoms with van der Waals surface area (Å²) in [6.45, 7) is 2.15. The van der Waals surface area contributed by atoms with Crippen molar-refractivity contribution in [3.63, 3.8) is 0 Å². The lowest BCUT2D eigenvalue weighted by Gasteiger charge is -2.18. The number of alkyl halides is 3. The summed E-state index contributed by atoms with van der Waals surface area (Å²) in [6.07, 6.45) is -4.44. The van der Waals surface area contributed by atoms with Crippen LogP contribution in [0.2, 0.25) is 0 Å². The van der Waals surface area contributed by atoms with Gasteiger partial charge >= 0.3 is 6.18 Å². The molecule has 0 bridgehead atoms. The molecular weight excluding hydrogens is 274 g/mol. The number of methoxy groups -OCH3 is 1. The summed E-state index contributed by atoms with van der Waals surface area (Å²) in [5.74, 6) is 0.0416. The van der Waals surface area contributed by atoms with Crippen LogP contribution >= 0.6 is 0 Å².